The van der Waals surface area contributed by atoms with Crippen molar-refractivity contribution in [2.24, 2.45) is 5.41 Å². The van der Waals surface area contributed by atoms with Crippen LogP contribution in [0.25, 0.3) is 0 Å². The van der Waals surface area contributed by atoms with Gasteiger partial charge in [-0.1, -0.05) is 27.2 Å². The summed E-state index contributed by atoms with van der Waals surface area (Å²) in [4.78, 5) is 26.0. The molecular formula is C17H33N3O2. The number of carbonyl (C=O) groups excluding carboxylic acids is 2. The Morgan fingerprint density at radius 3 is 2.50 bits per heavy atom. The molecule has 0 aromatic heterocycles. The zero-order chi connectivity index (χ0) is 16.8. The van der Waals surface area contributed by atoms with E-state index in [1.54, 1.807) is 0 Å². The van der Waals surface area contributed by atoms with Crippen LogP contribution in [0.4, 0.5) is 0 Å². The first-order valence-electron chi connectivity index (χ1n) is 8.52. The first-order chi connectivity index (χ1) is 10.2. The lowest BCUT2D eigenvalue weighted by atomic mass is 9.96. The minimum atomic E-state index is -0.407. The largest absolute Gasteiger partial charge is 0.355 e. The van der Waals surface area contributed by atoms with E-state index in [0.29, 0.717) is 31.6 Å². The summed E-state index contributed by atoms with van der Waals surface area (Å²) < 4.78 is 0. The minimum Gasteiger partial charge on any atom is -0.355 e. The molecule has 0 aliphatic carbocycles. The third-order valence-corrected chi connectivity index (χ3v) is 4.33. The highest BCUT2D eigenvalue weighted by Gasteiger charge is 2.23. The highest BCUT2D eigenvalue weighted by Crippen LogP contribution is 2.18. The van der Waals surface area contributed by atoms with Gasteiger partial charge in [0.1, 0.15) is 0 Å². The number of nitrogens with one attached hydrogen (secondary N) is 2. The highest BCUT2D eigenvalue weighted by atomic mass is 16.2. The van der Waals surface area contributed by atoms with Crippen molar-refractivity contribution < 1.29 is 9.59 Å². The van der Waals surface area contributed by atoms with Crippen molar-refractivity contribution in [1.82, 2.24) is 15.5 Å². The van der Waals surface area contributed by atoms with Gasteiger partial charge in [-0.2, -0.15) is 0 Å². The molecule has 0 aromatic carbocycles. The molecule has 2 amide bonds. The van der Waals surface area contributed by atoms with E-state index in [1.165, 1.54) is 19.3 Å². The first kappa shape index (κ1) is 18.9. The van der Waals surface area contributed by atoms with E-state index >= 15 is 0 Å². The average molecular weight is 311 g/mol. The van der Waals surface area contributed by atoms with Gasteiger partial charge in [-0.05, 0) is 33.2 Å². The monoisotopic (exact) mass is 311 g/mol. The van der Waals surface area contributed by atoms with Gasteiger partial charge < -0.3 is 10.6 Å². The first-order valence-corrected chi connectivity index (χ1v) is 8.52. The standard InChI is InChI=1S/C17H33N3O2/c1-13-8-6-7-11-20(13)14(2)12-19-15(21)9-10-18-16(22)17(3,4)5/h13-14H,6-12H2,1-5H3,(H,18,22)(H,19,21)/t13-,14+/m1/s1. The molecule has 1 saturated heterocycles. The van der Waals surface area contributed by atoms with Gasteiger partial charge in [-0.15, -0.1) is 0 Å². The SMILES string of the molecule is C[C@@H]1CCCCN1[C@@H](C)CNC(=O)CCNC(=O)C(C)(C)C. The molecule has 2 atom stereocenters. The molecule has 2 N–H and O–H groups in total. The molecule has 1 fully saturated rings. The van der Waals surface area contributed by atoms with Crippen LogP contribution in [0, 0.1) is 5.41 Å². The molecule has 128 valence electrons. The van der Waals surface area contributed by atoms with Crippen molar-refractivity contribution >= 4 is 11.8 Å². The maximum atomic E-state index is 11.9. The number of piperidine rings is 1. The summed E-state index contributed by atoms with van der Waals surface area (Å²) in [6.45, 7) is 12.2. The number of amides is 2. The molecule has 0 aromatic rings. The molecular weight excluding hydrogens is 278 g/mol. The molecule has 1 aliphatic rings. The van der Waals surface area contributed by atoms with Gasteiger partial charge in [-0.3, -0.25) is 14.5 Å². The number of hydrogen-bond donors (Lipinski definition) is 2. The van der Waals surface area contributed by atoms with Crippen LogP contribution < -0.4 is 10.6 Å². The molecule has 0 spiro atoms. The Balaban J connectivity index is 2.21. The van der Waals surface area contributed by atoms with Gasteiger partial charge in [0.05, 0.1) is 0 Å². The van der Waals surface area contributed by atoms with Crippen LogP contribution in [0.2, 0.25) is 0 Å². The highest BCUT2D eigenvalue weighted by molar-refractivity contribution is 5.82. The summed E-state index contributed by atoms with van der Waals surface area (Å²) in [7, 11) is 0. The van der Waals surface area contributed by atoms with Gasteiger partial charge in [-0.25, -0.2) is 0 Å². The smallest absolute Gasteiger partial charge is 0.225 e. The number of hydrogen-bond acceptors (Lipinski definition) is 3. The number of likely N-dealkylation sites (tertiary alicyclic amines) is 1. The fourth-order valence-electron chi connectivity index (χ4n) is 2.80. The predicted octanol–water partition coefficient (Wildman–Crippen LogP) is 1.92. The summed E-state index contributed by atoms with van der Waals surface area (Å²) in [6.07, 6.45) is 4.15. The average Bonchev–Trinajstić information content (AvgIpc) is 2.44. The Morgan fingerprint density at radius 1 is 1.23 bits per heavy atom. The molecule has 0 radical (unpaired) electrons. The Labute approximate surface area is 135 Å². The molecule has 5 heteroatoms. The summed E-state index contributed by atoms with van der Waals surface area (Å²) in [5.41, 5.74) is -0.407. The van der Waals surface area contributed by atoms with E-state index in [0.717, 1.165) is 6.54 Å². The molecule has 1 heterocycles. The number of rotatable bonds is 6. The van der Waals surface area contributed by atoms with Gasteiger partial charge in [0.15, 0.2) is 0 Å². The van der Waals surface area contributed by atoms with Crippen LogP contribution >= 0.6 is 0 Å². The van der Waals surface area contributed by atoms with Gasteiger partial charge >= 0.3 is 0 Å². The maximum absolute atomic E-state index is 11.9. The molecule has 1 aliphatic heterocycles. The zero-order valence-corrected chi connectivity index (χ0v) is 14.9. The van der Waals surface area contributed by atoms with Crippen molar-refractivity contribution in [2.45, 2.75) is 72.4 Å². The fourth-order valence-corrected chi connectivity index (χ4v) is 2.80. The second kappa shape index (κ2) is 8.51. The Hall–Kier alpha value is -1.10. The van der Waals surface area contributed by atoms with Crippen molar-refractivity contribution in [3.63, 3.8) is 0 Å². The third kappa shape index (κ3) is 6.34. The van der Waals surface area contributed by atoms with Crippen LogP contribution in [0.5, 0.6) is 0 Å². The molecule has 1 rings (SSSR count). The lowest BCUT2D eigenvalue weighted by molar-refractivity contribution is -0.128. The normalized spacial score (nSPS) is 21.2. The van der Waals surface area contributed by atoms with Crippen LogP contribution in [-0.4, -0.2) is 48.4 Å². The Morgan fingerprint density at radius 2 is 1.91 bits per heavy atom. The van der Waals surface area contributed by atoms with E-state index < -0.39 is 5.41 Å². The van der Waals surface area contributed by atoms with E-state index in [2.05, 4.69) is 29.4 Å². The van der Waals surface area contributed by atoms with Gasteiger partial charge in [0, 0.05) is 37.0 Å². The summed E-state index contributed by atoms with van der Waals surface area (Å²) >= 11 is 0. The second-order valence-corrected chi connectivity index (χ2v) is 7.49. The quantitative estimate of drug-likeness (QED) is 0.788. The van der Waals surface area contributed by atoms with Crippen LogP contribution in [-0.2, 0) is 9.59 Å². The van der Waals surface area contributed by atoms with Crippen LogP contribution in [0.3, 0.4) is 0 Å². The fraction of sp³-hybridized carbons (Fsp3) is 0.882. The van der Waals surface area contributed by atoms with Gasteiger partial charge in [0.25, 0.3) is 0 Å². The Bertz CT molecular complexity index is 377. The van der Waals surface area contributed by atoms with Crippen molar-refractivity contribution in [2.75, 3.05) is 19.6 Å². The number of carbonyl (C=O) groups is 2. The maximum Gasteiger partial charge on any atom is 0.225 e. The summed E-state index contributed by atoms with van der Waals surface area (Å²) in [5, 5.41) is 5.78. The predicted molar refractivity (Wildman–Crippen MR) is 89.6 cm³/mol. The van der Waals surface area contributed by atoms with E-state index in [9.17, 15) is 9.59 Å². The summed E-state index contributed by atoms with van der Waals surface area (Å²) in [5.74, 6) is -0.0125. The molecule has 0 unspecified atom stereocenters. The number of nitrogens with zero attached hydrogens (tertiary/aromatic N) is 1. The zero-order valence-electron chi connectivity index (χ0n) is 14.9. The molecule has 0 bridgehead atoms. The van der Waals surface area contributed by atoms with Crippen molar-refractivity contribution in [3.8, 4) is 0 Å². The molecule has 5 nitrogen and oxygen atoms in total. The molecule has 0 saturated carbocycles. The van der Waals surface area contributed by atoms with E-state index in [1.807, 2.05) is 20.8 Å². The van der Waals surface area contributed by atoms with Crippen LogP contribution in [0.1, 0.15) is 60.3 Å². The van der Waals surface area contributed by atoms with Crippen molar-refractivity contribution in [3.05, 3.63) is 0 Å². The second-order valence-electron chi connectivity index (χ2n) is 7.49. The van der Waals surface area contributed by atoms with Crippen LogP contribution in [0.15, 0.2) is 0 Å². The lowest BCUT2D eigenvalue weighted by Gasteiger charge is -2.38. The summed E-state index contributed by atoms with van der Waals surface area (Å²) in [6, 6.07) is 0.968. The van der Waals surface area contributed by atoms with Gasteiger partial charge in [0.2, 0.25) is 11.8 Å². The van der Waals surface area contributed by atoms with E-state index in [4.69, 9.17) is 0 Å². The topological polar surface area (TPSA) is 61.4 Å². The lowest BCUT2D eigenvalue weighted by Crippen LogP contribution is -2.48. The Kier molecular flexibility index (Phi) is 7.33. The molecule has 22 heavy (non-hydrogen) atoms. The van der Waals surface area contributed by atoms with Crippen molar-refractivity contribution in [1.29, 1.82) is 0 Å². The minimum absolute atomic E-state index is 0.00530. The third-order valence-electron chi connectivity index (χ3n) is 4.33. The van der Waals surface area contributed by atoms with E-state index in [-0.39, 0.29) is 11.8 Å².